The van der Waals surface area contributed by atoms with Gasteiger partial charge in [0.05, 0.1) is 48.6 Å². The molecule has 1 atom stereocenters. The number of aromatic hydroxyl groups is 1. The van der Waals surface area contributed by atoms with E-state index >= 15 is 0 Å². The maximum atomic E-state index is 13.4. The van der Waals surface area contributed by atoms with Crippen LogP contribution >= 0.6 is 34.8 Å². The Labute approximate surface area is 227 Å². The molecule has 1 aliphatic rings. The number of phenolic OH excluding ortho intramolecular Hbond substituents is 1. The van der Waals surface area contributed by atoms with Crippen molar-refractivity contribution < 1.29 is 34.0 Å². The minimum atomic E-state index is -1.14. The number of methoxy groups -OCH3 is 3. The van der Waals surface area contributed by atoms with Crippen molar-refractivity contribution in [1.82, 2.24) is 0 Å². The molecule has 3 aromatic carbocycles. The Morgan fingerprint density at radius 2 is 1.59 bits per heavy atom. The van der Waals surface area contributed by atoms with E-state index < -0.39 is 23.5 Å². The predicted octanol–water partition coefficient (Wildman–Crippen LogP) is 6.00. The lowest BCUT2D eigenvalue weighted by Crippen LogP contribution is -2.29. The third kappa shape index (κ3) is 4.52. The standard InChI is InChI=1S/C26H20Cl3NO7/c1-35-14-6-4-5-13(10-14)30-21(12-7-8-18(31)16(27)9-12)19(23(33)26(30)34)22(32)15-11-17(28)25(37-3)20(29)24(15)36-2/h4-11,21,31-32H,1-3H3/b22-19+. The fourth-order valence-corrected chi connectivity index (χ4v) is 5.04. The predicted molar refractivity (Wildman–Crippen MR) is 140 cm³/mol. The van der Waals surface area contributed by atoms with Crippen molar-refractivity contribution in [2.45, 2.75) is 6.04 Å². The van der Waals surface area contributed by atoms with E-state index in [0.717, 1.165) is 0 Å². The van der Waals surface area contributed by atoms with Gasteiger partial charge >= 0.3 is 0 Å². The fraction of sp³-hybridized carbons (Fsp3) is 0.154. The van der Waals surface area contributed by atoms with Crippen LogP contribution in [0.25, 0.3) is 5.76 Å². The monoisotopic (exact) mass is 563 g/mol. The molecule has 1 heterocycles. The maximum absolute atomic E-state index is 13.4. The first-order chi connectivity index (χ1) is 17.6. The number of ether oxygens (including phenoxy) is 3. The van der Waals surface area contributed by atoms with Crippen LogP contribution in [0, 0.1) is 0 Å². The highest BCUT2D eigenvalue weighted by Gasteiger charge is 2.47. The van der Waals surface area contributed by atoms with Crippen LogP contribution in [-0.2, 0) is 9.59 Å². The molecule has 4 rings (SSSR count). The number of halogens is 3. The molecule has 1 saturated heterocycles. The Morgan fingerprint density at radius 3 is 2.22 bits per heavy atom. The van der Waals surface area contributed by atoms with Gasteiger partial charge < -0.3 is 24.4 Å². The van der Waals surface area contributed by atoms with Gasteiger partial charge in [0, 0.05) is 11.8 Å². The number of hydrogen-bond acceptors (Lipinski definition) is 7. The van der Waals surface area contributed by atoms with E-state index in [1.54, 1.807) is 24.3 Å². The second kappa shape index (κ2) is 10.4. The van der Waals surface area contributed by atoms with Crippen LogP contribution in [0.3, 0.4) is 0 Å². The molecule has 8 nitrogen and oxygen atoms in total. The Bertz CT molecular complexity index is 1450. The van der Waals surface area contributed by atoms with Crippen molar-refractivity contribution in [3.63, 3.8) is 0 Å². The quantitative estimate of drug-likeness (QED) is 0.215. The van der Waals surface area contributed by atoms with Crippen LogP contribution in [0.4, 0.5) is 5.69 Å². The summed E-state index contributed by atoms with van der Waals surface area (Å²) in [5.41, 5.74) is 0.366. The smallest absolute Gasteiger partial charge is 0.300 e. The second-order valence-corrected chi connectivity index (χ2v) is 9.06. The van der Waals surface area contributed by atoms with E-state index in [0.29, 0.717) is 17.0 Å². The number of aliphatic hydroxyl groups excluding tert-OH is 1. The lowest BCUT2D eigenvalue weighted by atomic mass is 9.94. The molecule has 3 aromatic rings. The third-order valence-electron chi connectivity index (χ3n) is 5.86. The number of anilines is 1. The van der Waals surface area contributed by atoms with E-state index in [1.165, 1.54) is 50.5 Å². The van der Waals surface area contributed by atoms with E-state index in [1.807, 2.05) is 0 Å². The number of benzene rings is 3. The molecule has 37 heavy (non-hydrogen) atoms. The number of ketones is 1. The summed E-state index contributed by atoms with van der Waals surface area (Å²) in [6, 6.07) is 10.9. The molecular weight excluding hydrogens is 545 g/mol. The minimum absolute atomic E-state index is 0.0122. The number of hydrogen-bond donors (Lipinski definition) is 2. The van der Waals surface area contributed by atoms with Gasteiger partial charge in [-0.2, -0.15) is 0 Å². The van der Waals surface area contributed by atoms with Gasteiger partial charge in [-0.15, -0.1) is 0 Å². The highest BCUT2D eigenvalue weighted by molar-refractivity contribution is 6.52. The second-order valence-electron chi connectivity index (χ2n) is 7.87. The first kappa shape index (κ1) is 26.5. The molecule has 1 unspecified atom stereocenters. The molecule has 0 saturated carbocycles. The van der Waals surface area contributed by atoms with Gasteiger partial charge in [-0.25, -0.2) is 0 Å². The Morgan fingerprint density at radius 1 is 0.892 bits per heavy atom. The van der Waals surface area contributed by atoms with Gasteiger partial charge in [0.15, 0.2) is 11.5 Å². The van der Waals surface area contributed by atoms with Crippen LogP contribution in [-0.4, -0.2) is 43.2 Å². The molecular formula is C26H20Cl3NO7. The fourth-order valence-electron chi connectivity index (χ4n) is 4.16. The topological polar surface area (TPSA) is 106 Å². The molecule has 1 aliphatic heterocycles. The first-order valence-electron chi connectivity index (χ1n) is 10.7. The van der Waals surface area contributed by atoms with Crippen molar-refractivity contribution in [2.24, 2.45) is 0 Å². The van der Waals surface area contributed by atoms with Crippen molar-refractivity contribution in [3.8, 4) is 23.0 Å². The van der Waals surface area contributed by atoms with E-state index in [9.17, 15) is 19.8 Å². The molecule has 0 spiro atoms. The van der Waals surface area contributed by atoms with Crippen molar-refractivity contribution >= 4 is 57.9 Å². The summed E-state index contributed by atoms with van der Waals surface area (Å²) in [5, 5.41) is 21.4. The van der Waals surface area contributed by atoms with Crippen LogP contribution < -0.4 is 19.1 Å². The number of phenols is 1. The number of Topliss-reactive ketones (excluding diaryl/α,β-unsaturated/α-hetero) is 1. The summed E-state index contributed by atoms with van der Waals surface area (Å²) in [5.74, 6) is -2.13. The Hall–Kier alpha value is -3.59. The minimum Gasteiger partial charge on any atom is -0.507 e. The zero-order valence-electron chi connectivity index (χ0n) is 19.7. The average Bonchev–Trinajstić information content (AvgIpc) is 3.15. The lowest BCUT2D eigenvalue weighted by Gasteiger charge is -2.26. The lowest BCUT2D eigenvalue weighted by molar-refractivity contribution is -0.132. The normalized spacial score (nSPS) is 16.7. The summed E-state index contributed by atoms with van der Waals surface area (Å²) in [6.45, 7) is 0. The van der Waals surface area contributed by atoms with Crippen LogP contribution in [0.1, 0.15) is 17.2 Å². The zero-order valence-corrected chi connectivity index (χ0v) is 22.0. The van der Waals surface area contributed by atoms with Crippen LogP contribution in [0.5, 0.6) is 23.0 Å². The average molecular weight is 565 g/mol. The molecule has 0 aliphatic carbocycles. The van der Waals surface area contributed by atoms with Gasteiger partial charge in [0.25, 0.3) is 11.7 Å². The Balaban J connectivity index is 2.04. The number of aliphatic hydroxyl groups is 1. The maximum Gasteiger partial charge on any atom is 0.300 e. The van der Waals surface area contributed by atoms with Gasteiger partial charge in [0.1, 0.15) is 22.3 Å². The van der Waals surface area contributed by atoms with Gasteiger partial charge in [-0.05, 0) is 35.9 Å². The molecule has 2 N–H and O–H groups in total. The van der Waals surface area contributed by atoms with Crippen molar-refractivity contribution in [2.75, 3.05) is 26.2 Å². The first-order valence-corrected chi connectivity index (χ1v) is 11.8. The highest BCUT2D eigenvalue weighted by atomic mass is 35.5. The molecule has 192 valence electrons. The zero-order chi connectivity index (χ0) is 27.0. The number of amides is 1. The van der Waals surface area contributed by atoms with Crippen LogP contribution in [0.2, 0.25) is 15.1 Å². The highest BCUT2D eigenvalue weighted by Crippen LogP contribution is 2.48. The van der Waals surface area contributed by atoms with Crippen molar-refractivity contribution in [1.29, 1.82) is 0 Å². The molecule has 0 aromatic heterocycles. The van der Waals surface area contributed by atoms with E-state index in [2.05, 4.69) is 0 Å². The number of carbonyl (C=O) groups is 2. The SMILES string of the molecule is COc1cccc(N2C(=O)C(=O)/C(=C(/O)c3cc(Cl)c(OC)c(Cl)c3OC)C2c2ccc(O)c(Cl)c2)c1. The van der Waals surface area contributed by atoms with E-state index in [4.69, 9.17) is 49.0 Å². The number of nitrogens with zero attached hydrogens (tertiary/aromatic N) is 1. The molecule has 1 fully saturated rings. The summed E-state index contributed by atoms with van der Waals surface area (Å²) in [6.07, 6.45) is 0. The molecule has 0 radical (unpaired) electrons. The van der Waals surface area contributed by atoms with Gasteiger partial charge in [0.2, 0.25) is 0 Å². The molecule has 1 amide bonds. The summed E-state index contributed by atoms with van der Waals surface area (Å²) < 4.78 is 15.9. The Kier molecular flexibility index (Phi) is 7.45. The van der Waals surface area contributed by atoms with Crippen LogP contribution in [0.15, 0.2) is 54.1 Å². The number of carbonyl (C=O) groups excluding carboxylic acids is 2. The third-order valence-corrected chi connectivity index (χ3v) is 6.78. The summed E-state index contributed by atoms with van der Waals surface area (Å²) in [7, 11) is 4.14. The molecule has 11 heteroatoms. The summed E-state index contributed by atoms with van der Waals surface area (Å²) >= 11 is 18.9. The summed E-state index contributed by atoms with van der Waals surface area (Å²) in [4.78, 5) is 28.0. The van der Waals surface area contributed by atoms with Gasteiger partial charge in [-0.1, -0.05) is 46.9 Å². The largest absolute Gasteiger partial charge is 0.507 e. The van der Waals surface area contributed by atoms with Gasteiger partial charge in [-0.3, -0.25) is 14.5 Å². The van der Waals surface area contributed by atoms with E-state index in [-0.39, 0.29) is 43.5 Å². The number of rotatable bonds is 6. The molecule has 0 bridgehead atoms. The van der Waals surface area contributed by atoms with Crippen molar-refractivity contribution in [3.05, 3.63) is 80.3 Å².